The van der Waals surface area contributed by atoms with Crippen LogP contribution in [0.4, 0.5) is 5.69 Å². The first-order valence-electron chi connectivity index (χ1n) is 6.64. The molecule has 0 radical (unpaired) electrons. The van der Waals surface area contributed by atoms with Gasteiger partial charge in [-0.25, -0.2) is 0 Å². The Hall–Kier alpha value is -2.73. The van der Waals surface area contributed by atoms with Crippen molar-refractivity contribution in [2.75, 3.05) is 11.9 Å². The van der Waals surface area contributed by atoms with E-state index in [1.54, 1.807) is 24.3 Å². The lowest BCUT2D eigenvalue weighted by molar-refractivity contribution is 0.102. The number of benzene rings is 2. The minimum atomic E-state index is -0.150. The van der Waals surface area contributed by atoms with Gasteiger partial charge in [0.25, 0.3) is 5.91 Å². The molecule has 0 heterocycles. The SMILES string of the molecule is C#CCOc1ccc(C(=O)Nc2cc(C)cc(C)c2)cc1. The van der Waals surface area contributed by atoms with Crippen LogP contribution in [0.25, 0.3) is 0 Å². The zero-order chi connectivity index (χ0) is 15.2. The number of nitrogens with one attached hydrogen (secondary N) is 1. The fraction of sp³-hybridized carbons (Fsp3) is 0.167. The number of carbonyl (C=O) groups excluding carboxylic acids is 1. The van der Waals surface area contributed by atoms with E-state index in [4.69, 9.17) is 11.2 Å². The van der Waals surface area contributed by atoms with Crippen LogP contribution in [-0.4, -0.2) is 12.5 Å². The summed E-state index contributed by atoms with van der Waals surface area (Å²) in [6, 6.07) is 12.8. The summed E-state index contributed by atoms with van der Waals surface area (Å²) in [5.41, 5.74) is 3.60. The molecule has 0 saturated carbocycles. The van der Waals surface area contributed by atoms with Crippen LogP contribution in [0, 0.1) is 26.2 Å². The van der Waals surface area contributed by atoms with Crippen molar-refractivity contribution in [3.05, 3.63) is 59.2 Å². The summed E-state index contributed by atoms with van der Waals surface area (Å²) in [6.45, 7) is 4.22. The second-order valence-corrected chi connectivity index (χ2v) is 4.85. The molecule has 106 valence electrons. The predicted octanol–water partition coefficient (Wildman–Crippen LogP) is 3.57. The number of anilines is 1. The van der Waals surface area contributed by atoms with Gasteiger partial charge in [0.05, 0.1) is 0 Å². The molecule has 0 bridgehead atoms. The van der Waals surface area contributed by atoms with Crippen molar-refractivity contribution in [3.63, 3.8) is 0 Å². The van der Waals surface area contributed by atoms with E-state index in [2.05, 4.69) is 17.3 Å². The average molecular weight is 279 g/mol. The van der Waals surface area contributed by atoms with Gasteiger partial charge in [-0.15, -0.1) is 6.42 Å². The minimum Gasteiger partial charge on any atom is -0.481 e. The molecule has 2 rings (SSSR count). The lowest BCUT2D eigenvalue weighted by Gasteiger charge is -2.08. The van der Waals surface area contributed by atoms with Gasteiger partial charge in [-0.2, -0.15) is 0 Å². The van der Waals surface area contributed by atoms with E-state index in [1.807, 2.05) is 26.0 Å². The van der Waals surface area contributed by atoms with Crippen molar-refractivity contribution < 1.29 is 9.53 Å². The van der Waals surface area contributed by atoms with Crippen molar-refractivity contribution in [2.24, 2.45) is 0 Å². The summed E-state index contributed by atoms with van der Waals surface area (Å²) < 4.78 is 5.27. The third kappa shape index (κ3) is 4.12. The topological polar surface area (TPSA) is 38.3 Å². The lowest BCUT2D eigenvalue weighted by atomic mass is 10.1. The quantitative estimate of drug-likeness (QED) is 0.869. The summed E-state index contributed by atoms with van der Waals surface area (Å²) in [5, 5.41) is 2.89. The van der Waals surface area contributed by atoms with E-state index >= 15 is 0 Å². The van der Waals surface area contributed by atoms with Gasteiger partial charge in [0.15, 0.2) is 0 Å². The largest absolute Gasteiger partial charge is 0.481 e. The van der Waals surface area contributed by atoms with Crippen molar-refractivity contribution in [2.45, 2.75) is 13.8 Å². The Kier molecular flexibility index (Phi) is 4.63. The van der Waals surface area contributed by atoms with Crippen molar-refractivity contribution in [1.29, 1.82) is 0 Å². The molecule has 0 unspecified atom stereocenters. The number of hydrogen-bond acceptors (Lipinski definition) is 2. The van der Waals surface area contributed by atoms with Crippen LogP contribution in [0.2, 0.25) is 0 Å². The zero-order valence-electron chi connectivity index (χ0n) is 12.1. The van der Waals surface area contributed by atoms with Crippen LogP contribution in [0.15, 0.2) is 42.5 Å². The van der Waals surface area contributed by atoms with Crippen LogP contribution in [-0.2, 0) is 0 Å². The van der Waals surface area contributed by atoms with Crippen molar-refractivity contribution in [3.8, 4) is 18.1 Å². The number of hydrogen-bond donors (Lipinski definition) is 1. The Morgan fingerprint density at radius 1 is 1.14 bits per heavy atom. The van der Waals surface area contributed by atoms with E-state index in [0.29, 0.717) is 11.3 Å². The van der Waals surface area contributed by atoms with Crippen LogP contribution >= 0.6 is 0 Å². The summed E-state index contributed by atoms with van der Waals surface area (Å²) in [4.78, 5) is 12.2. The van der Waals surface area contributed by atoms with Gasteiger partial charge in [-0.05, 0) is 61.4 Å². The van der Waals surface area contributed by atoms with Gasteiger partial charge in [-0.1, -0.05) is 12.0 Å². The molecule has 21 heavy (non-hydrogen) atoms. The Morgan fingerprint density at radius 3 is 2.33 bits per heavy atom. The molecule has 3 heteroatoms. The van der Waals surface area contributed by atoms with Crippen molar-refractivity contribution in [1.82, 2.24) is 0 Å². The second-order valence-electron chi connectivity index (χ2n) is 4.85. The van der Waals surface area contributed by atoms with Gasteiger partial charge in [0.1, 0.15) is 12.4 Å². The third-order valence-electron chi connectivity index (χ3n) is 2.92. The Labute approximate surface area is 125 Å². The third-order valence-corrected chi connectivity index (χ3v) is 2.92. The Bertz CT molecular complexity index is 661. The molecule has 0 aromatic heterocycles. The van der Waals surface area contributed by atoms with Crippen LogP contribution < -0.4 is 10.1 Å². The predicted molar refractivity (Wildman–Crippen MR) is 84.6 cm³/mol. The molecule has 0 spiro atoms. The van der Waals surface area contributed by atoms with Gasteiger partial charge in [-0.3, -0.25) is 4.79 Å². The number of amides is 1. The molecule has 0 aliphatic heterocycles. The van der Waals surface area contributed by atoms with E-state index in [-0.39, 0.29) is 12.5 Å². The second kappa shape index (κ2) is 6.62. The molecule has 2 aromatic rings. The molecular formula is C18H17NO2. The van der Waals surface area contributed by atoms with E-state index in [9.17, 15) is 4.79 Å². The molecular weight excluding hydrogens is 262 g/mol. The maximum atomic E-state index is 12.2. The first-order valence-corrected chi connectivity index (χ1v) is 6.64. The summed E-state index contributed by atoms with van der Waals surface area (Å²) in [6.07, 6.45) is 5.13. The molecule has 0 fully saturated rings. The number of carbonyl (C=O) groups is 1. The van der Waals surface area contributed by atoms with E-state index < -0.39 is 0 Å². The van der Waals surface area contributed by atoms with Crippen LogP contribution in [0.3, 0.4) is 0 Å². The van der Waals surface area contributed by atoms with Gasteiger partial charge < -0.3 is 10.1 Å². The highest BCUT2D eigenvalue weighted by molar-refractivity contribution is 6.04. The molecule has 3 nitrogen and oxygen atoms in total. The van der Waals surface area contributed by atoms with Gasteiger partial charge >= 0.3 is 0 Å². The first kappa shape index (κ1) is 14.7. The fourth-order valence-corrected chi connectivity index (χ4v) is 2.08. The zero-order valence-corrected chi connectivity index (χ0v) is 12.1. The summed E-state index contributed by atoms with van der Waals surface area (Å²) >= 11 is 0. The minimum absolute atomic E-state index is 0.150. The fourth-order valence-electron chi connectivity index (χ4n) is 2.08. The smallest absolute Gasteiger partial charge is 0.255 e. The average Bonchev–Trinajstić information content (AvgIpc) is 2.44. The number of aryl methyl sites for hydroxylation is 2. The Morgan fingerprint density at radius 2 is 1.76 bits per heavy atom. The first-order chi connectivity index (χ1) is 10.1. The van der Waals surface area contributed by atoms with Crippen LogP contribution in [0.5, 0.6) is 5.75 Å². The molecule has 0 aliphatic rings. The van der Waals surface area contributed by atoms with E-state index in [0.717, 1.165) is 16.8 Å². The highest BCUT2D eigenvalue weighted by Gasteiger charge is 2.07. The van der Waals surface area contributed by atoms with Gasteiger partial charge in [0.2, 0.25) is 0 Å². The van der Waals surface area contributed by atoms with E-state index in [1.165, 1.54) is 0 Å². The highest BCUT2D eigenvalue weighted by atomic mass is 16.5. The monoisotopic (exact) mass is 279 g/mol. The standard InChI is InChI=1S/C18H17NO2/c1-4-9-21-17-7-5-15(6-8-17)18(20)19-16-11-13(2)10-14(3)12-16/h1,5-8,10-12H,9H2,2-3H3,(H,19,20). The maximum Gasteiger partial charge on any atom is 0.255 e. The highest BCUT2D eigenvalue weighted by Crippen LogP contribution is 2.16. The molecule has 1 N–H and O–H groups in total. The normalized spacial score (nSPS) is 9.76. The summed E-state index contributed by atoms with van der Waals surface area (Å²) in [5.74, 6) is 2.89. The van der Waals surface area contributed by atoms with Crippen LogP contribution in [0.1, 0.15) is 21.5 Å². The molecule has 0 saturated heterocycles. The van der Waals surface area contributed by atoms with Crippen molar-refractivity contribution >= 4 is 11.6 Å². The molecule has 0 atom stereocenters. The maximum absolute atomic E-state index is 12.2. The Balaban J connectivity index is 2.08. The number of rotatable bonds is 4. The van der Waals surface area contributed by atoms with Gasteiger partial charge in [0, 0.05) is 11.3 Å². The molecule has 2 aromatic carbocycles. The number of terminal acetylenes is 1. The molecule has 0 aliphatic carbocycles. The summed E-state index contributed by atoms with van der Waals surface area (Å²) in [7, 11) is 0. The number of ether oxygens (including phenoxy) is 1. The molecule has 1 amide bonds. The lowest BCUT2D eigenvalue weighted by Crippen LogP contribution is -2.12.